The molecule has 1 amide bonds. The lowest BCUT2D eigenvalue weighted by Gasteiger charge is -2.17. The van der Waals surface area contributed by atoms with Crippen LogP contribution in [0.25, 0.3) is 6.08 Å². The van der Waals surface area contributed by atoms with Gasteiger partial charge in [-0.15, -0.1) is 24.8 Å². The van der Waals surface area contributed by atoms with E-state index in [0.29, 0.717) is 17.6 Å². The van der Waals surface area contributed by atoms with Gasteiger partial charge < -0.3 is 5.32 Å². The third-order valence-electron chi connectivity index (χ3n) is 4.16. The molecule has 28 heavy (non-hydrogen) atoms. The van der Waals surface area contributed by atoms with Crippen LogP contribution >= 0.6 is 36.4 Å². The molecule has 7 nitrogen and oxygen atoms in total. The second-order valence-electron chi connectivity index (χ2n) is 6.09. The van der Waals surface area contributed by atoms with Crippen molar-refractivity contribution in [3.63, 3.8) is 0 Å². The van der Waals surface area contributed by atoms with E-state index in [0.717, 1.165) is 36.6 Å². The molecule has 1 aliphatic rings. The van der Waals surface area contributed by atoms with Crippen molar-refractivity contribution in [3.05, 3.63) is 59.0 Å². The molecule has 1 saturated heterocycles. The van der Waals surface area contributed by atoms with Crippen LogP contribution in [0.5, 0.6) is 0 Å². The summed E-state index contributed by atoms with van der Waals surface area (Å²) in [5, 5.41) is 12.6. The summed E-state index contributed by atoms with van der Waals surface area (Å²) in [5.41, 5.74) is 3.19. The van der Waals surface area contributed by atoms with Gasteiger partial charge in [0.2, 0.25) is 0 Å². The quantitative estimate of drug-likeness (QED) is 0.359. The molecule has 3 rings (SSSR count). The number of hydrogen-bond acceptors (Lipinski definition) is 6. The maximum atomic E-state index is 10.9. The number of carbonyl (C=O) groups excluding carboxylic acids is 1. The van der Waals surface area contributed by atoms with Gasteiger partial charge in [0.25, 0.3) is 5.91 Å². The predicted molar refractivity (Wildman–Crippen MR) is 114 cm³/mol. The smallest absolute Gasteiger partial charge is 0.267 e. The fourth-order valence-electron chi connectivity index (χ4n) is 2.87. The molecule has 3 N–H and O–H groups in total. The second kappa shape index (κ2) is 11.8. The molecule has 1 aliphatic heterocycles. The van der Waals surface area contributed by atoms with E-state index in [-0.39, 0.29) is 24.8 Å². The van der Waals surface area contributed by atoms with Crippen molar-refractivity contribution in [2.75, 3.05) is 18.4 Å². The van der Waals surface area contributed by atoms with Crippen molar-refractivity contribution in [3.8, 4) is 0 Å². The normalized spacial score (nSPS) is 16.3. The molecule has 1 atom stereocenters. The van der Waals surface area contributed by atoms with Crippen molar-refractivity contribution in [1.29, 1.82) is 0 Å². The predicted octanol–water partition coefficient (Wildman–Crippen LogP) is 3.18. The van der Waals surface area contributed by atoms with E-state index in [4.69, 9.17) is 16.8 Å². The van der Waals surface area contributed by atoms with E-state index in [9.17, 15) is 4.79 Å². The molecule has 0 saturated carbocycles. The number of hydrogen-bond donors (Lipinski definition) is 3. The lowest BCUT2D eigenvalue weighted by atomic mass is 10.2. The van der Waals surface area contributed by atoms with E-state index in [2.05, 4.69) is 26.3 Å². The van der Waals surface area contributed by atoms with Crippen LogP contribution in [0.15, 0.2) is 42.7 Å². The van der Waals surface area contributed by atoms with Crippen LogP contribution in [0.1, 0.15) is 17.7 Å². The summed E-state index contributed by atoms with van der Waals surface area (Å²) in [6.45, 7) is 2.73. The van der Waals surface area contributed by atoms with Gasteiger partial charge in [-0.25, -0.2) is 10.5 Å². The van der Waals surface area contributed by atoms with Crippen LogP contribution in [-0.4, -0.2) is 45.1 Å². The fraction of sp³-hybridized carbons (Fsp3) is 0.278. The van der Waals surface area contributed by atoms with Gasteiger partial charge in [0.15, 0.2) is 0 Å². The zero-order chi connectivity index (χ0) is 18.4. The van der Waals surface area contributed by atoms with Crippen LogP contribution < -0.4 is 10.8 Å². The molecule has 152 valence electrons. The van der Waals surface area contributed by atoms with Crippen LogP contribution in [0, 0.1) is 0 Å². The Kier molecular flexibility index (Phi) is 10.2. The first-order valence-corrected chi connectivity index (χ1v) is 8.68. The van der Waals surface area contributed by atoms with Gasteiger partial charge in [-0.05, 0) is 24.1 Å². The lowest BCUT2D eigenvalue weighted by molar-refractivity contribution is -0.124. The molecule has 0 radical (unpaired) electrons. The maximum Gasteiger partial charge on any atom is 0.267 e. The second-order valence-corrected chi connectivity index (χ2v) is 6.50. The molecule has 0 aliphatic carbocycles. The highest BCUT2D eigenvalue weighted by Gasteiger charge is 2.23. The van der Waals surface area contributed by atoms with Crippen LogP contribution in [0.4, 0.5) is 5.82 Å². The number of anilines is 1. The summed E-state index contributed by atoms with van der Waals surface area (Å²) in [5.74, 6) is 0.0805. The van der Waals surface area contributed by atoms with Gasteiger partial charge in [-0.2, -0.15) is 0 Å². The Morgan fingerprint density at radius 3 is 2.75 bits per heavy atom. The van der Waals surface area contributed by atoms with Crippen LogP contribution in [0.2, 0.25) is 5.02 Å². The summed E-state index contributed by atoms with van der Waals surface area (Å²) < 4.78 is 0. The first kappa shape index (κ1) is 24.1. The zero-order valence-electron chi connectivity index (χ0n) is 14.9. The Bertz CT molecular complexity index is 789. The van der Waals surface area contributed by atoms with E-state index in [1.54, 1.807) is 12.4 Å². The summed E-state index contributed by atoms with van der Waals surface area (Å²) >= 11 is 6.23. The summed E-state index contributed by atoms with van der Waals surface area (Å²) in [7, 11) is 0. The third kappa shape index (κ3) is 6.92. The molecule has 0 unspecified atom stereocenters. The van der Waals surface area contributed by atoms with Gasteiger partial charge in [0, 0.05) is 36.8 Å². The minimum absolute atomic E-state index is 0. The molecule has 1 fully saturated rings. The SMILES string of the molecule is Cl.Cl.O=C(/C=C/c1cnc(N[C@@H]2CCN(Cc3ccccc3Cl)C2)cn1)NO. The molecular weight excluding hydrogens is 425 g/mol. The van der Waals surface area contributed by atoms with Crippen molar-refractivity contribution < 1.29 is 10.0 Å². The average molecular weight is 447 g/mol. The topological polar surface area (TPSA) is 90.4 Å². The highest BCUT2D eigenvalue weighted by atomic mass is 35.5. The van der Waals surface area contributed by atoms with Crippen molar-refractivity contribution >= 4 is 54.2 Å². The number of rotatable bonds is 6. The van der Waals surface area contributed by atoms with E-state index >= 15 is 0 Å². The van der Waals surface area contributed by atoms with Gasteiger partial charge in [-0.3, -0.25) is 19.9 Å². The summed E-state index contributed by atoms with van der Waals surface area (Å²) in [4.78, 5) is 21.8. The number of amides is 1. The Morgan fingerprint density at radius 2 is 2.07 bits per heavy atom. The summed E-state index contributed by atoms with van der Waals surface area (Å²) in [6.07, 6.45) is 6.88. The molecule has 2 aromatic rings. The zero-order valence-corrected chi connectivity index (χ0v) is 17.3. The monoisotopic (exact) mass is 445 g/mol. The lowest BCUT2D eigenvalue weighted by Crippen LogP contribution is -2.26. The first-order valence-electron chi connectivity index (χ1n) is 8.30. The number of nitrogens with zero attached hydrogens (tertiary/aromatic N) is 3. The van der Waals surface area contributed by atoms with Crippen molar-refractivity contribution in [2.45, 2.75) is 19.0 Å². The number of carbonyl (C=O) groups is 1. The minimum atomic E-state index is -0.612. The molecule has 0 spiro atoms. The van der Waals surface area contributed by atoms with Crippen molar-refractivity contribution in [2.24, 2.45) is 0 Å². The number of likely N-dealkylation sites (tertiary alicyclic amines) is 1. The Morgan fingerprint density at radius 1 is 1.29 bits per heavy atom. The Hall–Kier alpha value is -1.90. The third-order valence-corrected chi connectivity index (χ3v) is 4.53. The van der Waals surface area contributed by atoms with Crippen LogP contribution in [-0.2, 0) is 11.3 Å². The van der Waals surface area contributed by atoms with E-state index in [1.165, 1.54) is 17.6 Å². The minimum Gasteiger partial charge on any atom is -0.365 e. The Balaban J connectivity index is 0.00000196. The molecule has 1 aromatic heterocycles. The Labute approximate surface area is 181 Å². The maximum absolute atomic E-state index is 10.9. The van der Waals surface area contributed by atoms with Gasteiger partial charge >= 0.3 is 0 Å². The largest absolute Gasteiger partial charge is 0.365 e. The van der Waals surface area contributed by atoms with E-state index < -0.39 is 5.91 Å². The van der Waals surface area contributed by atoms with Crippen molar-refractivity contribution in [1.82, 2.24) is 20.3 Å². The fourth-order valence-corrected chi connectivity index (χ4v) is 3.06. The first-order chi connectivity index (χ1) is 12.6. The standard InChI is InChI=1S/C18H20ClN5O2.2ClH/c19-16-4-2-1-3-13(16)11-24-8-7-15(12-24)22-17-10-20-14(9-21-17)5-6-18(25)23-26;;/h1-6,9-10,15,26H,7-8,11-12H2,(H,21,22)(H,23,25);2*1H/b6-5+;;/t15-;;/m1../s1. The molecule has 10 heteroatoms. The molecule has 1 aromatic carbocycles. The highest BCUT2D eigenvalue weighted by molar-refractivity contribution is 6.31. The van der Waals surface area contributed by atoms with Gasteiger partial charge in [-0.1, -0.05) is 29.8 Å². The number of aromatic nitrogens is 2. The van der Waals surface area contributed by atoms with Gasteiger partial charge in [0.1, 0.15) is 5.82 Å². The van der Waals surface area contributed by atoms with E-state index in [1.807, 2.05) is 18.2 Å². The van der Waals surface area contributed by atoms with Crippen LogP contribution in [0.3, 0.4) is 0 Å². The summed E-state index contributed by atoms with van der Waals surface area (Å²) in [6, 6.07) is 8.21. The highest BCUT2D eigenvalue weighted by Crippen LogP contribution is 2.21. The number of benzene rings is 1. The molecule has 2 heterocycles. The number of nitrogens with one attached hydrogen (secondary N) is 2. The van der Waals surface area contributed by atoms with Gasteiger partial charge in [0.05, 0.1) is 18.1 Å². The number of halogens is 3. The molecular formula is C18H22Cl3N5O2. The molecule has 0 bridgehead atoms. The average Bonchev–Trinajstić information content (AvgIpc) is 3.09. The number of hydroxylamine groups is 1.